The number of benzene rings is 1. The molecule has 1 heterocycles. The zero-order chi connectivity index (χ0) is 18.1. The normalized spacial score (nSPS) is 19.8. The molecule has 2 N–H and O–H groups in total. The lowest BCUT2D eigenvalue weighted by Gasteiger charge is -2.13. The summed E-state index contributed by atoms with van der Waals surface area (Å²) in [4.78, 5) is 23.7. The van der Waals surface area contributed by atoms with Gasteiger partial charge in [-0.15, -0.1) is 0 Å². The van der Waals surface area contributed by atoms with Crippen molar-refractivity contribution in [2.45, 2.75) is 32.2 Å². The number of carboxylic acid groups (broad SMARTS) is 1. The van der Waals surface area contributed by atoms with E-state index in [9.17, 15) is 14.0 Å². The van der Waals surface area contributed by atoms with Crippen molar-refractivity contribution >= 4 is 23.5 Å². The van der Waals surface area contributed by atoms with Crippen LogP contribution in [0.5, 0.6) is 0 Å². The Morgan fingerprint density at radius 1 is 1.40 bits per heavy atom. The summed E-state index contributed by atoms with van der Waals surface area (Å²) in [5.41, 5.74) is 0.137. The molecule has 0 unspecified atom stereocenters. The van der Waals surface area contributed by atoms with E-state index in [0.29, 0.717) is 19.3 Å². The van der Waals surface area contributed by atoms with Gasteiger partial charge in [0.25, 0.3) is 5.91 Å². The van der Waals surface area contributed by atoms with Gasteiger partial charge in [-0.3, -0.25) is 9.59 Å². The average molecular weight is 367 g/mol. The van der Waals surface area contributed by atoms with Crippen molar-refractivity contribution in [1.29, 1.82) is 0 Å². The Kier molecular flexibility index (Phi) is 4.76. The molecular weight excluding hydrogens is 351 g/mol. The van der Waals surface area contributed by atoms with Gasteiger partial charge < -0.3 is 14.9 Å². The summed E-state index contributed by atoms with van der Waals surface area (Å²) in [6, 6.07) is 3.92. The lowest BCUT2D eigenvalue weighted by Crippen LogP contribution is -2.33. The van der Waals surface area contributed by atoms with E-state index >= 15 is 0 Å². The minimum Gasteiger partial charge on any atom is -0.481 e. The molecule has 0 aliphatic heterocycles. The Hall–Kier alpha value is -2.41. The van der Waals surface area contributed by atoms with Crippen LogP contribution in [0.4, 0.5) is 4.39 Å². The van der Waals surface area contributed by atoms with Crippen LogP contribution in [0.15, 0.2) is 22.7 Å². The summed E-state index contributed by atoms with van der Waals surface area (Å²) in [5.74, 6) is -2.18. The van der Waals surface area contributed by atoms with E-state index in [1.54, 1.807) is 6.92 Å². The van der Waals surface area contributed by atoms with Crippen LogP contribution < -0.4 is 5.32 Å². The number of aliphatic carboxylic acids is 1. The van der Waals surface area contributed by atoms with Gasteiger partial charge in [-0.25, -0.2) is 4.39 Å². The van der Waals surface area contributed by atoms with Crippen molar-refractivity contribution in [3.05, 3.63) is 40.4 Å². The Morgan fingerprint density at radius 3 is 2.80 bits per heavy atom. The number of halogens is 2. The van der Waals surface area contributed by atoms with Crippen LogP contribution in [0.1, 0.15) is 35.4 Å². The second kappa shape index (κ2) is 6.84. The average Bonchev–Trinajstić information content (AvgIpc) is 3.14. The maximum absolute atomic E-state index is 14.2. The highest BCUT2D eigenvalue weighted by molar-refractivity contribution is 6.33. The quantitative estimate of drug-likeness (QED) is 0.864. The third-order valence-corrected chi connectivity index (χ3v) is 4.72. The van der Waals surface area contributed by atoms with Crippen LogP contribution in [-0.2, 0) is 4.79 Å². The molecule has 132 valence electrons. The minimum absolute atomic E-state index is 0.000927. The summed E-state index contributed by atoms with van der Waals surface area (Å²) in [6.45, 7) is 1.55. The fourth-order valence-corrected chi connectivity index (χ4v) is 3.38. The highest BCUT2D eigenvalue weighted by atomic mass is 35.5. The third kappa shape index (κ3) is 3.37. The molecule has 1 aromatic carbocycles. The highest BCUT2D eigenvalue weighted by Crippen LogP contribution is 2.34. The van der Waals surface area contributed by atoms with Crippen LogP contribution in [0.25, 0.3) is 11.3 Å². The first kappa shape index (κ1) is 17.4. The molecule has 0 saturated heterocycles. The van der Waals surface area contributed by atoms with Crippen molar-refractivity contribution in [2.75, 3.05) is 0 Å². The molecule has 3 rings (SSSR count). The van der Waals surface area contributed by atoms with Crippen LogP contribution in [-0.4, -0.2) is 28.2 Å². The number of carbonyl (C=O) groups excluding carboxylic acids is 1. The van der Waals surface area contributed by atoms with Crippen LogP contribution >= 0.6 is 11.6 Å². The largest absolute Gasteiger partial charge is 0.481 e. The molecule has 1 fully saturated rings. The Morgan fingerprint density at radius 2 is 2.16 bits per heavy atom. The van der Waals surface area contributed by atoms with Gasteiger partial charge in [0.05, 0.1) is 16.5 Å². The van der Waals surface area contributed by atoms with E-state index in [2.05, 4.69) is 10.5 Å². The van der Waals surface area contributed by atoms with E-state index < -0.39 is 23.6 Å². The van der Waals surface area contributed by atoms with Crippen molar-refractivity contribution in [3.63, 3.8) is 0 Å². The maximum Gasteiger partial charge on any atom is 0.306 e. The smallest absolute Gasteiger partial charge is 0.306 e. The molecule has 25 heavy (non-hydrogen) atoms. The van der Waals surface area contributed by atoms with Gasteiger partial charge in [-0.05, 0) is 38.3 Å². The predicted molar refractivity (Wildman–Crippen MR) is 87.9 cm³/mol. The number of hydrogen-bond donors (Lipinski definition) is 2. The van der Waals surface area contributed by atoms with Gasteiger partial charge in [-0.1, -0.05) is 22.8 Å². The highest BCUT2D eigenvalue weighted by Gasteiger charge is 2.32. The van der Waals surface area contributed by atoms with Crippen LogP contribution in [0.3, 0.4) is 0 Å². The third-order valence-electron chi connectivity index (χ3n) is 4.41. The van der Waals surface area contributed by atoms with Crippen molar-refractivity contribution < 1.29 is 23.6 Å². The first-order valence-corrected chi connectivity index (χ1v) is 8.20. The number of aryl methyl sites for hydroxylation is 1. The van der Waals surface area contributed by atoms with Crippen molar-refractivity contribution in [2.24, 2.45) is 5.92 Å². The van der Waals surface area contributed by atoms with Gasteiger partial charge in [0, 0.05) is 6.04 Å². The SMILES string of the molecule is Cc1onc(-c2c(F)cccc2Cl)c1C(=O)N[C@H]1CC[C@@H](C(=O)O)C1. The zero-order valence-electron chi connectivity index (χ0n) is 13.4. The number of nitrogens with zero attached hydrogens (tertiary/aromatic N) is 1. The Bertz CT molecular complexity index is 816. The molecular formula is C17H16ClFN2O4. The maximum atomic E-state index is 14.2. The first-order valence-electron chi connectivity index (χ1n) is 7.82. The number of nitrogens with one attached hydrogen (secondary N) is 1. The fraction of sp³-hybridized carbons (Fsp3) is 0.353. The summed E-state index contributed by atoms with van der Waals surface area (Å²) in [5, 5.41) is 15.8. The molecule has 0 spiro atoms. The monoisotopic (exact) mass is 366 g/mol. The summed E-state index contributed by atoms with van der Waals surface area (Å²) in [7, 11) is 0. The van der Waals surface area contributed by atoms with E-state index in [-0.39, 0.29) is 33.6 Å². The number of rotatable bonds is 4. The number of amides is 1. The minimum atomic E-state index is -0.864. The molecule has 6 nitrogen and oxygen atoms in total. The van der Waals surface area contributed by atoms with E-state index in [0.717, 1.165) is 0 Å². The zero-order valence-corrected chi connectivity index (χ0v) is 14.1. The summed E-state index contributed by atoms with van der Waals surface area (Å²) in [6.07, 6.45) is 1.44. The van der Waals surface area contributed by atoms with Gasteiger partial charge in [-0.2, -0.15) is 0 Å². The van der Waals surface area contributed by atoms with Crippen LogP contribution in [0.2, 0.25) is 5.02 Å². The fourth-order valence-electron chi connectivity index (χ4n) is 3.13. The standard InChI is InChI=1S/C17H16ClFN2O4/c1-8-13(16(22)20-10-6-5-9(7-10)17(23)24)15(21-25-8)14-11(18)3-2-4-12(14)19/h2-4,9-10H,5-7H2,1H3,(H,20,22)(H,23,24)/t9-,10+/m1/s1. The molecule has 1 aliphatic rings. The van der Waals surface area contributed by atoms with Crippen LogP contribution in [0, 0.1) is 18.7 Å². The molecule has 0 bridgehead atoms. The molecule has 1 amide bonds. The molecule has 1 aliphatic carbocycles. The number of carboxylic acids is 1. The lowest BCUT2D eigenvalue weighted by atomic mass is 10.0. The van der Waals surface area contributed by atoms with Crippen molar-refractivity contribution in [3.8, 4) is 11.3 Å². The van der Waals surface area contributed by atoms with Gasteiger partial charge in [0.2, 0.25) is 0 Å². The predicted octanol–water partition coefficient (Wildman–Crippen LogP) is 3.43. The Labute approximate surface area is 148 Å². The molecule has 1 saturated carbocycles. The number of hydrogen-bond acceptors (Lipinski definition) is 4. The first-order chi connectivity index (χ1) is 11.9. The molecule has 2 atom stereocenters. The van der Waals surface area contributed by atoms with Gasteiger partial charge in [0.15, 0.2) is 0 Å². The Balaban J connectivity index is 1.87. The van der Waals surface area contributed by atoms with E-state index in [1.807, 2.05) is 0 Å². The second-order valence-electron chi connectivity index (χ2n) is 6.08. The molecule has 0 radical (unpaired) electrons. The second-order valence-corrected chi connectivity index (χ2v) is 6.48. The number of carbonyl (C=O) groups is 2. The van der Waals surface area contributed by atoms with E-state index in [4.69, 9.17) is 21.2 Å². The summed E-state index contributed by atoms with van der Waals surface area (Å²) >= 11 is 6.06. The molecule has 1 aromatic heterocycles. The van der Waals surface area contributed by atoms with E-state index in [1.165, 1.54) is 18.2 Å². The topological polar surface area (TPSA) is 92.4 Å². The van der Waals surface area contributed by atoms with Gasteiger partial charge >= 0.3 is 5.97 Å². The lowest BCUT2D eigenvalue weighted by molar-refractivity contribution is -0.141. The van der Waals surface area contributed by atoms with Crippen molar-refractivity contribution in [1.82, 2.24) is 10.5 Å². The molecule has 8 heteroatoms. The summed E-state index contributed by atoms with van der Waals surface area (Å²) < 4.78 is 19.2. The molecule has 2 aromatic rings. The van der Waals surface area contributed by atoms with Gasteiger partial charge in [0.1, 0.15) is 22.8 Å². The number of aromatic nitrogens is 1.